The molecule has 0 aliphatic carbocycles. The van der Waals surface area contributed by atoms with Gasteiger partial charge in [-0.2, -0.15) is 0 Å². The number of benzene rings is 1. The molecule has 0 saturated carbocycles. The molecule has 108 valence electrons. The highest BCUT2D eigenvalue weighted by Crippen LogP contribution is 2.18. The molecule has 1 N–H and O–H groups in total. The van der Waals surface area contributed by atoms with Gasteiger partial charge in [-0.15, -0.1) is 0 Å². The van der Waals surface area contributed by atoms with Gasteiger partial charge in [-0.1, -0.05) is 37.6 Å². The molecule has 1 aromatic carbocycles. The van der Waals surface area contributed by atoms with Crippen LogP contribution in [0, 0.1) is 0 Å². The number of rotatable bonds is 10. The Morgan fingerprint density at radius 3 is 2.74 bits per heavy atom. The number of ether oxygens (including phenoxy) is 2. The van der Waals surface area contributed by atoms with E-state index >= 15 is 0 Å². The van der Waals surface area contributed by atoms with Crippen molar-refractivity contribution in [3.63, 3.8) is 0 Å². The van der Waals surface area contributed by atoms with Crippen LogP contribution in [0.25, 0.3) is 0 Å². The van der Waals surface area contributed by atoms with Gasteiger partial charge in [0.25, 0.3) is 0 Å². The van der Waals surface area contributed by atoms with Crippen LogP contribution in [0.5, 0.6) is 0 Å². The monoisotopic (exact) mass is 265 g/mol. The van der Waals surface area contributed by atoms with Gasteiger partial charge in [-0.05, 0) is 31.0 Å². The summed E-state index contributed by atoms with van der Waals surface area (Å²) in [5.74, 6) is 0. The lowest BCUT2D eigenvalue weighted by Crippen LogP contribution is -2.19. The fourth-order valence-corrected chi connectivity index (χ4v) is 2.18. The molecule has 0 spiro atoms. The van der Waals surface area contributed by atoms with Crippen molar-refractivity contribution in [2.45, 2.75) is 32.2 Å². The maximum atomic E-state index is 5.54. The van der Waals surface area contributed by atoms with Gasteiger partial charge in [0.2, 0.25) is 0 Å². The van der Waals surface area contributed by atoms with Crippen LogP contribution < -0.4 is 5.32 Å². The molecule has 0 bridgehead atoms. The van der Waals surface area contributed by atoms with Crippen molar-refractivity contribution < 1.29 is 9.47 Å². The summed E-state index contributed by atoms with van der Waals surface area (Å²) in [5.41, 5.74) is 2.77. The number of aryl methyl sites for hydroxylation is 1. The molecule has 1 atom stereocenters. The highest BCUT2D eigenvalue weighted by Gasteiger charge is 2.09. The van der Waals surface area contributed by atoms with Gasteiger partial charge in [0.15, 0.2) is 0 Å². The van der Waals surface area contributed by atoms with Gasteiger partial charge in [0, 0.05) is 19.8 Å². The summed E-state index contributed by atoms with van der Waals surface area (Å²) in [6, 6.07) is 9.21. The maximum Gasteiger partial charge on any atom is 0.0700 e. The lowest BCUT2D eigenvalue weighted by Gasteiger charge is -2.17. The fourth-order valence-electron chi connectivity index (χ4n) is 2.18. The van der Waals surface area contributed by atoms with Crippen molar-refractivity contribution in [1.29, 1.82) is 0 Å². The third kappa shape index (κ3) is 6.19. The predicted molar refractivity (Wildman–Crippen MR) is 79.5 cm³/mol. The average molecular weight is 265 g/mol. The number of hydrogen-bond donors (Lipinski definition) is 1. The molecule has 1 aromatic rings. The third-order valence-electron chi connectivity index (χ3n) is 3.22. The molecule has 19 heavy (non-hydrogen) atoms. The second-order valence-electron chi connectivity index (χ2n) is 4.73. The van der Waals surface area contributed by atoms with Crippen molar-refractivity contribution >= 4 is 0 Å². The first-order chi connectivity index (χ1) is 9.31. The van der Waals surface area contributed by atoms with E-state index in [-0.39, 0.29) is 0 Å². The number of hydrogen-bond acceptors (Lipinski definition) is 3. The van der Waals surface area contributed by atoms with Crippen LogP contribution in [0.4, 0.5) is 0 Å². The van der Waals surface area contributed by atoms with E-state index in [2.05, 4.69) is 36.5 Å². The lowest BCUT2D eigenvalue weighted by molar-refractivity contribution is 0.0661. The molecule has 0 amide bonds. The van der Waals surface area contributed by atoms with Gasteiger partial charge in [0.1, 0.15) is 0 Å². The molecule has 3 nitrogen and oxygen atoms in total. The minimum Gasteiger partial charge on any atom is -0.382 e. The average Bonchev–Trinajstić information content (AvgIpc) is 2.43. The van der Waals surface area contributed by atoms with E-state index in [9.17, 15) is 0 Å². The second-order valence-corrected chi connectivity index (χ2v) is 4.73. The van der Waals surface area contributed by atoms with Crippen LogP contribution in [-0.4, -0.2) is 34.0 Å². The molecule has 0 aliphatic heterocycles. The molecule has 0 aromatic heterocycles. The summed E-state index contributed by atoms with van der Waals surface area (Å²) in [6.45, 7) is 4.30. The van der Waals surface area contributed by atoms with Gasteiger partial charge >= 0.3 is 0 Å². The molecule has 1 rings (SSSR count). The summed E-state index contributed by atoms with van der Waals surface area (Å²) in [4.78, 5) is 0. The van der Waals surface area contributed by atoms with Crippen molar-refractivity contribution in [2.75, 3.05) is 34.0 Å². The fraction of sp³-hybridized carbons (Fsp3) is 0.625. The zero-order chi connectivity index (χ0) is 13.9. The lowest BCUT2D eigenvalue weighted by atomic mass is 10.00. The van der Waals surface area contributed by atoms with Crippen LogP contribution in [-0.2, 0) is 15.9 Å². The Morgan fingerprint density at radius 2 is 2.05 bits per heavy atom. The molecular weight excluding hydrogens is 238 g/mol. The quantitative estimate of drug-likeness (QED) is 0.660. The number of nitrogens with one attached hydrogen (secondary N) is 1. The summed E-state index contributed by atoms with van der Waals surface area (Å²) in [5, 5.41) is 3.37. The zero-order valence-corrected chi connectivity index (χ0v) is 12.4. The highest BCUT2D eigenvalue weighted by molar-refractivity contribution is 5.26. The van der Waals surface area contributed by atoms with Gasteiger partial charge in [-0.25, -0.2) is 0 Å². The van der Waals surface area contributed by atoms with E-state index in [1.165, 1.54) is 17.5 Å². The Bertz CT molecular complexity index is 341. The Labute approximate surface area is 117 Å². The Hall–Kier alpha value is -0.900. The molecule has 0 fully saturated rings. The van der Waals surface area contributed by atoms with Crippen LogP contribution in [0.3, 0.4) is 0 Å². The summed E-state index contributed by atoms with van der Waals surface area (Å²) >= 11 is 0. The van der Waals surface area contributed by atoms with Crippen LogP contribution in [0.15, 0.2) is 24.3 Å². The number of methoxy groups -OCH3 is 1. The van der Waals surface area contributed by atoms with E-state index in [1.54, 1.807) is 7.11 Å². The summed E-state index contributed by atoms with van der Waals surface area (Å²) in [7, 11) is 3.70. The van der Waals surface area contributed by atoms with E-state index < -0.39 is 0 Å². The van der Waals surface area contributed by atoms with Crippen molar-refractivity contribution in [3.8, 4) is 0 Å². The van der Waals surface area contributed by atoms with E-state index in [0.29, 0.717) is 19.3 Å². The summed E-state index contributed by atoms with van der Waals surface area (Å²) in [6.07, 6.45) is 3.32. The van der Waals surface area contributed by atoms with Crippen LogP contribution in [0.1, 0.15) is 36.9 Å². The Kier molecular flexibility index (Phi) is 8.47. The zero-order valence-electron chi connectivity index (χ0n) is 12.4. The first kappa shape index (κ1) is 16.2. The minimum atomic E-state index is 0.361. The summed E-state index contributed by atoms with van der Waals surface area (Å²) < 4.78 is 10.5. The predicted octanol–water partition coefficient (Wildman–Crippen LogP) is 2.95. The molecular formula is C16H27NO2. The van der Waals surface area contributed by atoms with E-state index in [4.69, 9.17) is 9.47 Å². The van der Waals surface area contributed by atoms with E-state index in [1.807, 2.05) is 7.05 Å². The van der Waals surface area contributed by atoms with Crippen molar-refractivity contribution in [1.82, 2.24) is 5.32 Å². The standard InChI is InChI=1S/C16H27NO2/c1-4-6-14-7-5-8-15(13-14)16(17-2)9-10-19-12-11-18-3/h5,7-8,13,16-17H,4,6,9-12H2,1-3H3. The Balaban J connectivity index is 2.46. The molecule has 1 unspecified atom stereocenters. The first-order valence-corrected chi connectivity index (χ1v) is 7.14. The SMILES string of the molecule is CCCc1cccc(C(CCOCCOC)NC)c1. The molecule has 0 heterocycles. The molecule has 0 aliphatic rings. The van der Waals surface area contributed by atoms with Gasteiger partial charge in [-0.3, -0.25) is 0 Å². The molecule has 3 heteroatoms. The van der Waals surface area contributed by atoms with Crippen molar-refractivity contribution in [2.24, 2.45) is 0 Å². The van der Waals surface area contributed by atoms with Gasteiger partial charge in [0.05, 0.1) is 13.2 Å². The maximum absolute atomic E-state index is 5.54. The normalized spacial score (nSPS) is 12.6. The van der Waals surface area contributed by atoms with E-state index in [0.717, 1.165) is 19.4 Å². The topological polar surface area (TPSA) is 30.5 Å². The van der Waals surface area contributed by atoms with Gasteiger partial charge < -0.3 is 14.8 Å². The van der Waals surface area contributed by atoms with Crippen LogP contribution >= 0.6 is 0 Å². The van der Waals surface area contributed by atoms with Crippen LogP contribution in [0.2, 0.25) is 0 Å². The molecule has 0 saturated heterocycles. The third-order valence-corrected chi connectivity index (χ3v) is 3.22. The second kappa shape index (κ2) is 9.96. The smallest absolute Gasteiger partial charge is 0.0700 e. The largest absolute Gasteiger partial charge is 0.382 e. The van der Waals surface area contributed by atoms with Crippen molar-refractivity contribution in [3.05, 3.63) is 35.4 Å². The molecule has 0 radical (unpaired) electrons. The highest BCUT2D eigenvalue weighted by atomic mass is 16.5. The minimum absolute atomic E-state index is 0.361. The Morgan fingerprint density at radius 1 is 1.21 bits per heavy atom. The first-order valence-electron chi connectivity index (χ1n) is 7.14.